The molecule has 6 heteroatoms. The number of fused-ring (bicyclic) bond motifs is 1. The van der Waals surface area contributed by atoms with Gasteiger partial charge in [0.1, 0.15) is 11.6 Å². The van der Waals surface area contributed by atoms with Crippen LogP contribution in [0.4, 0.5) is 11.5 Å². The highest BCUT2D eigenvalue weighted by atomic mass is 16.2. The summed E-state index contributed by atoms with van der Waals surface area (Å²) in [4.78, 5) is 29.4. The molecule has 1 saturated heterocycles. The number of rotatable bonds is 4. The molecular weight excluding hydrogens is 374 g/mol. The maximum absolute atomic E-state index is 13.4. The molecule has 2 atom stereocenters. The molecule has 30 heavy (non-hydrogen) atoms. The lowest BCUT2D eigenvalue weighted by atomic mass is 10.1. The Labute approximate surface area is 179 Å². The molecule has 160 valence electrons. The normalized spacial score (nSPS) is 20.5. The van der Waals surface area contributed by atoms with Gasteiger partial charge in [-0.15, -0.1) is 0 Å². The quantitative estimate of drug-likeness (QED) is 0.778. The van der Waals surface area contributed by atoms with Crippen molar-refractivity contribution in [2.24, 2.45) is 0 Å². The topological polar surface area (TPSA) is 52.6 Å². The molecule has 0 unspecified atom stereocenters. The van der Waals surface area contributed by atoms with Gasteiger partial charge in [-0.25, -0.2) is 9.97 Å². The molecule has 6 nitrogen and oxygen atoms in total. The Kier molecular flexibility index (Phi) is 5.78. The molecule has 0 spiro atoms. The number of piperazine rings is 1. The Bertz CT molecular complexity index is 920. The van der Waals surface area contributed by atoms with Gasteiger partial charge in [0.25, 0.3) is 0 Å². The van der Waals surface area contributed by atoms with Crippen molar-refractivity contribution in [3.8, 4) is 0 Å². The van der Waals surface area contributed by atoms with E-state index in [2.05, 4.69) is 66.7 Å². The van der Waals surface area contributed by atoms with Gasteiger partial charge in [-0.3, -0.25) is 9.69 Å². The zero-order chi connectivity index (χ0) is 21.4. The van der Waals surface area contributed by atoms with Crippen molar-refractivity contribution in [1.29, 1.82) is 0 Å². The van der Waals surface area contributed by atoms with Crippen molar-refractivity contribution < 1.29 is 4.79 Å². The third-order valence-electron chi connectivity index (χ3n) is 6.36. The Balaban J connectivity index is 1.43. The lowest BCUT2D eigenvalue weighted by Crippen LogP contribution is -2.55. The number of nitrogens with zero attached hydrogens (tertiary/aromatic N) is 5. The molecule has 0 aliphatic carbocycles. The molecule has 1 fully saturated rings. The number of carbonyl (C=O) groups excluding carboxylic acids is 1. The summed E-state index contributed by atoms with van der Waals surface area (Å²) in [6, 6.07) is 10.5. The first-order chi connectivity index (χ1) is 14.3. The smallest absolute Gasteiger partial charge is 0.244 e. The molecule has 2 aliphatic rings. The predicted octanol–water partition coefficient (Wildman–Crippen LogP) is 3.40. The van der Waals surface area contributed by atoms with E-state index in [9.17, 15) is 4.79 Å². The molecule has 1 amide bonds. The molecule has 0 saturated carbocycles. The summed E-state index contributed by atoms with van der Waals surface area (Å²) in [5, 5.41) is 0. The molecule has 2 aromatic rings. The summed E-state index contributed by atoms with van der Waals surface area (Å²) >= 11 is 0. The number of hydrogen-bond acceptors (Lipinski definition) is 5. The lowest BCUT2D eigenvalue weighted by molar-refractivity contribution is -0.123. The molecule has 1 aromatic heterocycles. The van der Waals surface area contributed by atoms with E-state index in [1.54, 1.807) is 0 Å². The summed E-state index contributed by atoms with van der Waals surface area (Å²) in [7, 11) is 0. The fourth-order valence-corrected chi connectivity index (χ4v) is 4.59. The second-order valence-electron chi connectivity index (χ2n) is 8.97. The monoisotopic (exact) mass is 407 g/mol. The van der Waals surface area contributed by atoms with E-state index in [-0.39, 0.29) is 18.0 Å². The van der Waals surface area contributed by atoms with Gasteiger partial charge in [0.15, 0.2) is 0 Å². The highest BCUT2D eigenvalue weighted by molar-refractivity contribution is 5.99. The summed E-state index contributed by atoms with van der Waals surface area (Å²) in [6.07, 6.45) is 0.938. The van der Waals surface area contributed by atoms with Crippen LogP contribution in [0.3, 0.4) is 0 Å². The molecule has 2 aliphatic heterocycles. The maximum Gasteiger partial charge on any atom is 0.244 e. The van der Waals surface area contributed by atoms with Gasteiger partial charge in [-0.2, -0.15) is 0 Å². The van der Waals surface area contributed by atoms with Crippen molar-refractivity contribution in [2.75, 3.05) is 36.0 Å². The van der Waals surface area contributed by atoms with Crippen LogP contribution in [0.1, 0.15) is 50.7 Å². The highest BCUT2D eigenvalue weighted by Gasteiger charge is 2.36. The van der Waals surface area contributed by atoms with E-state index in [1.807, 2.05) is 17.9 Å². The second kappa shape index (κ2) is 8.34. The van der Waals surface area contributed by atoms with Gasteiger partial charge in [-0.1, -0.05) is 32.0 Å². The van der Waals surface area contributed by atoms with E-state index in [1.165, 1.54) is 5.56 Å². The molecular formula is C24H33N5O. The maximum atomic E-state index is 13.4. The van der Waals surface area contributed by atoms with Crippen molar-refractivity contribution in [1.82, 2.24) is 14.9 Å². The predicted molar refractivity (Wildman–Crippen MR) is 121 cm³/mol. The van der Waals surface area contributed by atoms with Gasteiger partial charge in [-0.05, 0) is 38.8 Å². The van der Waals surface area contributed by atoms with Crippen LogP contribution in [0.5, 0.6) is 0 Å². The average molecular weight is 408 g/mol. The first-order valence-corrected chi connectivity index (χ1v) is 11.1. The fourth-order valence-electron chi connectivity index (χ4n) is 4.59. The number of para-hydroxylation sites is 1. The van der Waals surface area contributed by atoms with Gasteiger partial charge in [0, 0.05) is 55.6 Å². The lowest BCUT2D eigenvalue weighted by Gasteiger charge is -2.39. The van der Waals surface area contributed by atoms with Crippen LogP contribution in [0, 0.1) is 6.92 Å². The van der Waals surface area contributed by atoms with Crippen molar-refractivity contribution in [3.05, 3.63) is 47.4 Å². The van der Waals surface area contributed by atoms with Crippen LogP contribution in [0.2, 0.25) is 0 Å². The van der Waals surface area contributed by atoms with Crippen LogP contribution >= 0.6 is 0 Å². The Morgan fingerprint density at radius 3 is 2.47 bits per heavy atom. The van der Waals surface area contributed by atoms with Crippen LogP contribution < -0.4 is 9.80 Å². The van der Waals surface area contributed by atoms with Gasteiger partial charge < -0.3 is 9.80 Å². The van der Waals surface area contributed by atoms with E-state index in [0.29, 0.717) is 5.92 Å². The zero-order valence-electron chi connectivity index (χ0n) is 18.8. The molecule has 0 N–H and O–H groups in total. The van der Waals surface area contributed by atoms with Crippen molar-refractivity contribution in [2.45, 2.75) is 59.0 Å². The Morgan fingerprint density at radius 2 is 1.77 bits per heavy atom. The number of benzene rings is 1. The van der Waals surface area contributed by atoms with Crippen LogP contribution in [0.15, 0.2) is 30.3 Å². The minimum Gasteiger partial charge on any atom is -0.354 e. The van der Waals surface area contributed by atoms with Crippen LogP contribution in [0.25, 0.3) is 0 Å². The largest absolute Gasteiger partial charge is 0.354 e. The number of amides is 1. The van der Waals surface area contributed by atoms with Gasteiger partial charge in [0.05, 0.1) is 6.04 Å². The first-order valence-electron chi connectivity index (χ1n) is 11.1. The Hall–Kier alpha value is -2.47. The SMILES string of the molecule is Cc1cc(N2CCN([C@H](C)C(=O)N3c4ccccc4C[C@@H]3C)CC2)nc(C(C)C)n1. The third-order valence-corrected chi connectivity index (χ3v) is 6.36. The summed E-state index contributed by atoms with van der Waals surface area (Å²) < 4.78 is 0. The summed E-state index contributed by atoms with van der Waals surface area (Å²) in [5.41, 5.74) is 3.37. The van der Waals surface area contributed by atoms with E-state index >= 15 is 0 Å². The van der Waals surface area contributed by atoms with Crippen LogP contribution in [-0.2, 0) is 11.2 Å². The van der Waals surface area contributed by atoms with E-state index in [4.69, 9.17) is 4.98 Å². The second-order valence-corrected chi connectivity index (χ2v) is 8.97. The molecule has 1 aromatic carbocycles. The molecule has 0 bridgehead atoms. The van der Waals surface area contributed by atoms with Gasteiger partial charge in [0.2, 0.25) is 5.91 Å². The first kappa shape index (κ1) is 20.8. The minimum atomic E-state index is -0.126. The Morgan fingerprint density at radius 1 is 1.07 bits per heavy atom. The fraction of sp³-hybridized carbons (Fsp3) is 0.542. The molecule has 3 heterocycles. The number of carbonyl (C=O) groups is 1. The summed E-state index contributed by atoms with van der Waals surface area (Å²) in [5.74, 6) is 2.43. The standard InChI is InChI=1S/C24H33N5O/c1-16(2)23-25-17(3)14-22(26-23)28-12-10-27(11-13-28)19(5)24(30)29-18(4)15-20-8-6-7-9-21(20)29/h6-9,14,16,18-19H,10-13,15H2,1-5H3/t18-,19+/m0/s1. The van der Waals surface area contributed by atoms with E-state index in [0.717, 1.165) is 55.6 Å². The zero-order valence-corrected chi connectivity index (χ0v) is 18.8. The van der Waals surface area contributed by atoms with Gasteiger partial charge >= 0.3 is 0 Å². The summed E-state index contributed by atoms with van der Waals surface area (Å²) in [6.45, 7) is 13.9. The molecule has 4 rings (SSSR count). The molecule has 0 radical (unpaired) electrons. The number of anilines is 2. The van der Waals surface area contributed by atoms with Crippen LogP contribution in [-0.4, -0.2) is 59.0 Å². The highest BCUT2D eigenvalue weighted by Crippen LogP contribution is 2.33. The number of aromatic nitrogens is 2. The van der Waals surface area contributed by atoms with Crippen molar-refractivity contribution >= 4 is 17.4 Å². The third kappa shape index (κ3) is 3.93. The van der Waals surface area contributed by atoms with Crippen molar-refractivity contribution in [3.63, 3.8) is 0 Å². The number of hydrogen-bond donors (Lipinski definition) is 0. The minimum absolute atomic E-state index is 0.126. The number of aryl methyl sites for hydroxylation is 1. The average Bonchev–Trinajstić information content (AvgIpc) is 3.08. The van der Waals surface area contributed by atoms with E-state index < -0.39 is 0 Å².